The van der Waals surface area contributed by atoms with Gasteiger partial charge in [0.05, 0.1) is 18.5 Å². The number of rotatable bonds is 2. The molecule has 0 spiro atoms. The number of halogens is 1. The first-order chi connectivity index (χ1) is 7.81. The third-order valence-electron chi connectivity index (χ3n) is 2.71. The summed E-state index contributed by atoms with van der Waals surface area (Å²) in [6.45, 7) is 2.13. The first kappa shape index (κ1) is 13.6. The Kier molecular flexibility index (Phi) is 5.10. The third-order valence-corrected chi connectivity index (χ3v) is 2.71. The summed E-state index contributed by atoms with van der Waals surface area (Å²) < 4.78 is 4.71. The van der Waals surface area contributed by atoms with Gasteiger partial charge in [0.25, 0.3) is 0 Å². The average Bonchev–Trinajstić information content (AvgIpc) is 2.52. The summed E-state index contributed by atoms with van der Waals surface area (Å²) in [6.07, 6.45) is 1.02. The molecule has 1 aliphatic heterocycles. The quantitative estimate of drug-likeness (QED) is 0.821. The van der Waals surface area contributed by atoms with Gasteiger partial charge in [-0.25, -0.2) is 0 Å². The molecule has 0 amide bonds. The van der Waals surface area contributed by atoms with E-state index in [1.54, 1.807) is 0 Å². The molecule has 0 aromatic heterocycles. The van der Waals surface area contributed by atoms with Crippen molar-refractivity contribution in [2.24, 2.45) is 0 Å². The van der Waals surface area contributed by atoms with E-state index in [1.165, 1.54) is 7.11 Å². The second-order valence-corrected chi connectivity index (χ2v) is 3.80. The number of para-hydroxylation sites is 2. The molecule has 1 N–H and O–H groups in total. The molecule has 0 unspecified atom stereocenters. The van der Waals surface area contributed by atoms with Crippen LogP contribution in [0.4, 0.5) is 11.4 Å². The molecule has 0 radical (unpaired) electrons. The molecule has 2 rings (SSSR count). The summed E-state index contributed by atoms with van der Waals surface area (Å²) in [6, 6.07) is 8.03. The molecule has 1 aromatic rings. The highest BCUT2D eigenvalue weighted by molar-refractivity contribution is 5.85. The predicted molar refractivity (Wildman–Crippen MR) is 71.0 cm³/mol. The van der Waals surface area contributed by atoms with Crippen molar-refractivity contribution in [2.75, 3.05) is 37.0 Å². The van der Waals surface area contributed by atoms with Crippen molar-refractivity contribution in [1.82, 2.24) is 0 Å². The molecule has 0 fully saturated rings. The monoisotopic (exact) mass is 256 g/mol. The van der Waals surface area contributed by atoms with Crippen molar-refractivity contribution in [1.29, 1.82) is 0 Å². The first-order valence-electron chi connectivity index (χ1n) is 5.46. The predicted octanol–water partition coefficient (Wildman–Crippen LogP) is 1.90. The van der Waals surface area contributed by atoms with E-state index in [4.69, 9.17) is 4.74 Å². The van der Waals surface area contributed by atoms with Crippen LogP contribution in [0.5, 0.6) is 0 Å². The fourth-order valence-corrected chi connectivity index (χ4v) is 1.90. The van der Waals surface area contributed by atoms with Crippen molar-refractivity contribution < 1.29 is 9.53 Å². The molecule has 0 aliphatic carbocycles. The first-order valence-corrected chi connectivity index (χ1v) is 5.46. The van der Waals surface area contributed by atoms with Crippen LogP contribution in [0.1, 0.15) is 6.42 Å². The van der Waals surface area contributed by atoms with Gasteiger partial charge < -0.3 is 15.0 Å². The van der Waals surface area contributed by atoms with Gasteiger partial charge in [-0.2, -0.15) is 0 Å². The second kappa shape index (κ2) is 6.35. The number of ether oxygens (including phenoxy) is 1. The Balaban J connectivity index is 0.00000144. The van der Waals surface area contributed by atoms with E-state index in [9.17, 15) is 4.79 Å². The maximum Gasteiger partial charge on any atom is 0.325 e. The van der Waals surface area contributed by atoms with Crippen molar-refractivity contribution in [3.05, 3.63) is 24.3 Å². The van der Waals surface area contributed by atoms with Crippen molar-refractivity contribution >= 4 is 29.8 Å². The third kappa shape index (κ3) is 3.27. The van der Waals surface area contributed by atoms with E-state index in [-0.39, 0.29) is 18.4 Å². The second-order valence-electron chi connectivity index (χ2n) is 3.80. The Morgan fingerprint density at radius 1 is 1.47 bits per heavy atom. The molecule has 0 saturated heterocycles. The van der Waals surface area contributed by atoms with Gasteiger partial charge in [0.1, 0.15) is 6.54 Å². The van der Waals surface area contributed by atoms with E-state index in [1.807, 2.05) is 24.3 Å². The zero-order valence-corrected chi connectivity index (χ0v) is 10.6. The van der Waals surface area contributed by atoms with Crippen LogP contribution >= 0.6 is 12.4 Å². The number of carbonyl (C=O) groups excluding carboxylic acids is 1. The summed E-state index contributed by atoms with van der Waals surface area (Å²) >= 11 is 0. The molecular formula is C12H17ClN2O2. The van der Waals surface area contributed by atoms with Crippen LogP contribution < -0.4 is 10.2 Å². The Bertz CT molecular complexity index is 385. The van der Waals surface area contributed by atoms with Gasteiger partial charge in [0.15, 0.2) is 0 Å². The van der Waals surface area contributed by atoms with E-state index >= 15 is 0 Å². The molecule has 0 atom stereocenters. The van der Waals surface area contributed by atoms with E-state index in [0.717, 1.165) is 30.9 Å². The number of nitrogens with zero attached hydrogens (tertiary/aromatic N) is 1. The number of benzene rings is 1. The zero-order valence-electron chi connectivity index (χ0n) is 9.81. The van der Waals surface area contributed by atoms with Gasteiger partial charge >= 0.3 is 5.97 Å². The largest absolute Gasteiger partial charge is 0.468 e. The van der Waals surface area contributed by atoms with Crippen LogP contribution in [0.3, 0.4) is 0 Å². The minimum Gasteiger partial charge on any atom is -0.468 e. The lowest BCUT2D eigenvalue weighted by molar-refractivity contribution is -0.138. The normalized spacial score (nSPS) is 13.8. The van der Waals surface area contributed by atoms with Gasteiger partial charge in [0.2, 0.25) is 0 Å². The van der Waals surface area contributed by atoms with Crippen LogP contribution in [0.25, 0.3) is 0 Å². The van der Waals surface area contributed by atoms with Crippen molar-refractivity contribution in [3.8, 4) is 0 Å². The summed E-state index contributed by atoms with van der Waals surface area (Å²) in [4.78, 5) is 13.4. The Morgan fingerprint density at radius 3 is 3.00 bits per heavy atom. The standard InChI is InChI=1S/C12H16N2O2.ClH/c1-16-12(15)9-14-8-4-7-13-10-5-2-3-6-11(10)14;/h2-3,5-6,13H,4,7-9H2,1H3;1H. The lowest BCUT2D eigenvalue weighted by atomic mass is 10.2. The Morgan fingerprint density at radius 2 is 2.24 bits per heavy atom. The van der Waals surface area contributed by atoms with Gasteiger partial charge in [-0.05, 0) is 18.6 Å². The van der Waals surface area contributed by atoms with Crippen LogP contribution in [0, 0.1) is 0 Å². The molecule has 17 heavy (non-hydrogen) atoms. The number of nitrogens with one attached hydrogen (secondary N) is 1. The number of fused-ring (bicyclic) bond motifs is 1. The number of hydrogen-bond acceptors (Lipinski definition) is 4. The highest BCUT2D eigenvalue weighted by Gasteiger charge is 2.16. The molecule has 5 heteroatoms. The molecule has 1 aromatic carbocycles. The minimum atomic E-state index is -0.197. The van der Waals surface area contributed by atoms with Gasteiger partial charge in [-0.3, -0.25) is 4.79 Å². The topological polar surface area (TPSA) is 41.6 Å². The lowest BCUT2D eigenvalue weighted by Gasteiger charge is -2.22. The van der Waals surface area contributed by atoms with E-state index < -0.39 is 0 Å². The van der Waals surface area contributed by atoms with Crippen molar-refractivity contribution in [3.63, 3.8) is 0 Å². The highest BCUT2D eigenvalue weighted by atomic mass is 35.5. The maximum absolute atomic E-state index is 11.3. The van der Waals surface area contributed by atoms with Crippen LogP contribution in [0.15, 0.2) is 24.3 Å². The number of esters is 1. The smallest absolute Gasteiger partial charge is 0.325 e. The molecule has 0 bridgehead atoms. The summed E-state index contributed by atoms with van der Waals surface area (Å²) in [5, 5.41) is 3.35. The lowest BCUT2D eigenvalue weighted by Crippen LogP contribution is -2.31. The van der Waals surface area contributed by atoms with Gasteiger partial charge in [0, 0.05) is 13.1 Å². The summed E-state index contributed by atoms with van der Waals surface area (Å²) in [5.41, 5.74) is 2.16. The number of hydrogen-bond donors (Lipinski definition) is 1. The van der Waals surface area contributed by atoms with Crippen LogP contribution in [-0.4, -0.2) is 32.7 Å². The molecule has 4 nitrogen and oxygen atoms in total. The van der Waals surface area contributed by atoms with Gasteiger partial charge in [-0.15, -0.1) is 12.4 Å². The fourth-order valence-electron chi connectivity index (χ4n) is 1.90. The van der Waals surface area contributed by atoms with Crippen LogP contribution in [-0.2, 0) is 9.53 Å². The minimum absolute atomic E-state index is 0. The van der Waals surface area contributed by atoms with Gasteiger partial charge in [-0.1, -0.05) is 12.1 Å². The maximum atomic E-state index is 11.3. The molecule has 1 aliphatic rings. The molecule has 94 valence electrons. The molecular weight excluding hydrogens is 240 g/mol. The SMILES string of the molecule is COC(=O)CN1CCCNc2ccccc21.Cl. The molecule has 1 heterocycles. The Hall–Kier alpha value is -1.42. The van der Waals surface area contributed by atoms with E-state index in [2.05, 4.69) is 10.2 Å². The zero-order chi connectivity index (χ0) is 11.4. The van der Waals surface area contributed by atoms with Crippen LogP contribution in [0.2, 0.25) is 0 Å². The fraction of sp³-hybridized carbons (Fsp3) is 0.417. The number of carbonyl (C=O) groups is 1. The average molecular weight is 257 g/mol. The van der Waals surface area contributed by atoms with Crippen molar-refractivity contribution in [2.45, 2.75) is 6.42 Å². The number of methoxy groups -OCH3 is 1. The Labute approximate surface area is 107 Å². The highest BCUT2D eigenvalue weighted by Crippen LogP contribution is 2.27. The molecule has 0 saturated carbocycles. The number of anilines is 2. The van der Waals surface area contributed by atoms with E-state index in [0.29, 0.717) is 6.54 Å². The summed E-state index contributed by atoms with van der Waals surface area (Å²) in [7, 11) is 1.42. The summed E-state index contributed by atoms with van der Waals surface area (Å²) in [5.74, 6) is -0.197.